The maximum absolute atomic E-state index is 12.9. The molecule has 0 radical (unpaired) electrons. The number of nitrogens with zero attached hydrogens (tertiary/aromatic N) is 1. The molecule has 1 heterocycles. The average Bonchev–Trinajstić information content (AvgIpc) is 3.03. The number of aryl methyl sites for hydroxylation is 2. The van der Waals surface area contributed by atoms with Crippen LogP contribution in [0, 0.1) is 19.7 Å². The summed E-state index contributed by atoms with van der Waals surface area (Å²) in [7, 11) is 1.49. The molecule has 0 unspecified atom stereocenters. The lowest BCUT2D eigenvalue weighted by Crippen LogP contribution is -2.06. The van der Waals surface area contributed by atoms with Gasteiger partial charge in [0.1, 0.15) is 24.8 Å². The zero-order valence-electron chi connectivity index (χ0n) is 15.8. The van der Waals surface area contributed by atoms with Gasteiger partial charge in [-0.2, -0.15) is 0 Å². The Hall–Kier alpha value is -3.35. The van der Waals surface area contributed by atoms with Crippen LogP contribution in [-0.2, 0) is 18.0 Å². The van der Waals surface area contributed by atoms with Crippen molar-refractivity contribution in [3.63, 3.8) is 0 Å². The Balaban J connectivity index is 1.66. The quantitative estimate of drug-likeness (QED) is 0.562. The monoisotopic (exact) mass is 385 g/mol. The molecule has 6 nitrogen and oxygen atoms in total. The summed E-state index contributed by atoms with van der Waals surface area (Å²) in [4.78, 5) is 12.3. The van der Waals surface area contributed by atoms with Gasteiger partial charge in [-0.25, -0.2) is 9.18 Å². The lowest BCUT2D eigenvalue weighted by atomic mass is 10.2. The van der Waals surface area contributed by atoms with Crippen molar-refractivity contribution in [3.05, 3.63) is 76.4 Å². The Kier molecular flexibility index (Phi) is 5.93. The highest BCUT2D eigenvalue weighted by atomic mass is 19.1. The zero-order valence-corrected chi connectivity index (χ0v) is 15.8. The molecule has 0 bridgehead atoms. The van der Waals surface area contributed by atoms with E-state index in [0.29, 0.717) is 28.4 Å². The van der Waals surface area contributed by atoms with E-state index >= 15 is 0 Å². The minimum Gasteiger partial charge on any atom is -0.493 e. The number of rotatable bonds is 7. The zero-order chi connectivity index (χ0) is 20.1. The average molecular weight is 385 g/mol. The molecule has 0 amide bonds. The summed E-state index contributed by atoms with van der Waals surface area (Å²) < 4.78 is 34.4. The summed E-state index contributed by atoms with van der Waals surface area (Å²) in [6.45, 7) is 3.97. The second-order valence-electron chi connectivity index (χ2n) is 6.16. The van der Waals surface area contributed by atoms with Crippen molar-refractivity contribution in [2.45, 2.75) is 27.1 Å². The number of hydrogen-bond acceptors (Lipinski definition) is 6. The van der Waals surface area contributed by atoms with Crippen LogP contribution in [0.25, 0.3) is 0 Å². The molecule has 146 valence electrons. The van der Waals surface area contributed by atoms with Crippen molar-refractivity contribution in [2.75, 3.05) is 7.11 Å². The van der Waals surface area contributed by atoms with E-state index in [1.165, 1.54) is 19.2 Å². The molecule has 0 aliphatic carbocycles. The fourth-order valence-corrected chi connectivity index (χ4v) is 2.58. The van der Waals surface area contributed by atoms with Crippen LogP contribution >= 0.6 is 0 Å². The number of methoxy groups -OCH3 is 1. The topological polar surface area (TPSA) is 70.8 Å². The van der Waals surface area contributed by atoms with Gasteiger partial charge >= 0.3 is 5.97 Å². The Morgan fingerprint density at radius 1 is 1.07 bits per heavy atom. The number of carbonyl (C=O) groups excluding carboxylic acids is 1. The number of benzene rings is 2. The van der Waals surface area contributed by atoms with E-state index < -0.39 is 5.97 Å². The normalized spacial score (nSPS) is 10.6. The first-order valence-electron chi connectivity index (χ1n) is 8.62. The molecule has 0 saturated carbocycles. The minimum absolute atomic E-state index is 0.0473. The van der Waals surface area contributed by atoms with Crippen molar-refractivity contribution < 1.29 is 27.9 Å². The van der Waals surface area contributed by atoms with Gasteiger partial charge in [0.15, 0.2) is 11.5 Å². The molecule has 2 aromatic carbocycles. The third-order valence-electron chi connectivity index (χ3n) is 4.24. The van der Waals surface area contributed by atoms with Gasteiger partial charge in [0.2, 0.25) is 0 Å². The molecule has 0 aliphatic heterocycles. The molecule has 7 heteroatoms. The molecule has 28 heavy (non-hydrogen) atoms. The predicted molar refractivity (Wildman–Crippen MR) is 98.8 cm³/mol. The van der Waals surface area contributed by atoms with Crippen LogP contribution in [0.15, 0.2) is 47.0 Å². The van der Waals surface area contributed by atoms with E-state index in [9.17, 15) is 9.18 Å². The SMILES string of the molecule is COc1cc(C(=O)OCc2ccc(F)cc2)ccc1OCc1c(C)noc1C. The van der Waals surface area contributed by atoms with Crippen LogP contribution in [0.2, 0.25) is 0 Å². The van der Waals surface area contributed by atoms with E-state index in [2.05, 4.69) is 5.16 Å². The van der Waals surface area contributed by atoms with Crippen LogP contribution < -0.4 is 9.47 Å². The van der Waals surface area contributed by atoms with Gasteiger partial charge in [-0.3, -0.25) is 0 Å². The minimum atomic E-state index is -0.514. The highest BCUT2D eigenvalue weighted by Crippen LogP contribution is 2.30. The fraction of sp³-hybridized carbons (Fsp3) is 0.238. The Morgan fingerprint density at radius 2 is 1.82 bits per heavy atom. The number of halogens is 1. The molecule has 0 saturated heterocycles. The third kappa shape index (κ3) is 4.49. The van der Waals surface area contributed by atoms with Crippen LogP contribution in [0.3, 0.4) is 0 Å². The molecular formula is C21H20FNO5. The van der Waals surface area contributed by atoms with Gasteiger partial charge in [0, 0.05) is 0 Å². The molecule has 0 aliphatic rings. The lowest BCUT2D eigenvalue weighted by molar-refractivity contribution is 0.0472. The molecule has 1 aromatic heterocycles. The van der Waals surface area contributed by atoms with Crippen molar-refractivity contribution in [3.8, 4) is 11.5 Å². The highest BCUT2D eigenvalue weighted by molar-refractivity contribution is 5.90. The van der Waals surface area contributed by atoms with Crippen molar-refractivity contribution in [1.82, 2.24) is 5.16 Å². The summed E-state index contributed by atoms with van der Waals surface area (Å²) in [5.41, 5.74) is 2.65. The van der Waals surface area contributed by atoms with E-state index in [1.54, 1.807) is 30.3 Å². The summed E-state index contributed by atoms with van der Waals surface area (Å²) in [5, 5.41) is 3.89. The lowest BCUT2D eigenvalue weighted by Gasteiger charge is -2.12. The number of hydrogen-bond donors (Lipinski definition) is 0. The van der Waals surface area contributed by atoms with Gasteiger partial charge in [0.05, 0.1) is 23.9 Å². The fourth-order valence-electron chi connectivity index (χ4n) is 2.58. The van der Waals surface area contributed by atoms with E-state index in [0.717, 1.165) is 11.3 Å². The number of esters is 1. The van der Waals surface area contributed by atoms with E-state index in [-0.39, 0.29) is 19.0 Å². The third-order valence-corrected chi connectivity index (χ3v) is 4.24. The van der Waals surface area contributed by atoms with E-state index in [1.807, 2.05) is 13.8 Å². The largest absolute Gasteiger partial charge is 0.493 e. The van der Waals surface area contributed by atoms with Gasteiger partial charge in [0.25, 0.3) is 0 Å². The highest BCUT2D eigenvalue weighted by Gasteiger charge is 2.15. The predicted octanol–water partition coefficient (Wildman–Crippen LogP) is 4.38. The Morgan fingerprint density at radius 3 is 2.46 bits per heavy atom. The first-order valence-corrected chi connectivity index (χ1v) is 8.62. The maximum Gasteiger partial charge on any atom is 0.338 e. The summed E-state index contributed by atoms with van der Waals surface area (Å²) in [5.74, 6) is 0.727. The molecule has 0 fully saturated rings. The van der Waals surface area contributed by atoms with Gasteiger partial charge in [-0.15, -0.1) is 0 Å². The summed E-state index contributed by atoms with van der Waals surface area (Å²) in [6, 6.07) is 10.6. The van der Waals surface area contributed by atoms with Crippen LogP contribution in [0.5, 0.6) is 11.5 Å². The maximum atomic E-state index is 12.9. The molecule has 0 N–H and O–H groups in total. The smallest absolute Gasteiger partial charge is 0.338 e. The summed E-state index contributed by atoms with van der Waals surface area (Å²) >= 11 is 0. The Bertz CT molecular complexity index is 946. The Labute approximate surface area is 161 Å². The van der Waals surface area contributed by atoms with Gasteiger partial charge in [-0.1, -0.05) is 17.3 Å². The standard InChI is InChI=1S/C21H20FNO5/c1-13-18(14(2)28-23-13)12-26-19-9-6-16(10-20(19)25-3)21(24)27-11-15-4-7-17(22)8-5-15/h4-10H,11-12H2,1-3H3. The first-order chi connectivity index (χ1) is 13.5. The van der Waals surface area contributed by atoms with Gasteiger partial charge in [-0.05, 0) is 49.7 Å². The molecule has 3 rings (SSSR count). The van der Waals surface area contributed by atoms with Gasteiger partial charge < -0.3 is 18.7 Å². The number of carbonyl (C=O) groups is 1. The second kappa shape index (κ2) is 8.56. The summed E-state index contributed by atoms with van der Waals surface area (Å²) in [6.07, 6.45) is 0. The second-order valence-corrected chi connectivity index (χ2v) is 6.16. The molecule has 0 spiro atoms. The number of aromatic nitrogens is 1. The first kappa shape index (κ1) is 19.4. The molecular weight excluding hydrogens is 365 g/mol. The van der Waals surface area contributed by atoms with E-state index in [4.69, 9.17) is 18.7 Å². The van der Waals surface area contributed by atoms with Crippen LogP contribution in [0.1, 0.15) is 32.9 Å². The number of ether oxygens (including phenoxy) is 3. The molecule has 3 aromatic rings. The van der Waals surface area contributed by atoms with Crippen LogP contribution in [-0.4, -0.2) is 18.2 Å². The molecule has 0 atom stereocenters. The van der Waals surface area contributed by atoms with Crippen molar-refractivity contribution >= 4 is 5.97 Å². The van der Waals surface area contributed by atoms with Crippen LogP contribution in [0.4, 0.5) is 4.39 Å². The van der Waals surface area contributed by atoms with Crippen molar-refractivity contribution in [2.24, 2.45) is 0 Å². The van der Waals surface area contributed by atoms with Crippen molar-refractivity contribution in [1.29, 1.82) is 0 Å².